The van der Waals surface area contributed by atoms with E-state index in [1.54, 1.807) is 0 Å². The van der Waals surface area contributed by atoms with Gasteiger partial charge >= 0.3 is 0 Å². The highest BCUT2D eigenvalue weighted by molar-refractivity contribution is 7.15. The summed E-state index contributed by atoms with van der Waals surface area (Å²) in [4.78, 5) is 11.9. The highest BCUT2D eigenvalue weighted by atomic mass is 32.1. The molecule has 0 aliphatic heterocycles. The van der Waals surface area contributed by atoms with Crippen molar-refractivity contribution in [3.05, 3.63) is 5.01 Å². The minimum Gasteiger partial charge on any atom is -0.301 e. The normalized spacial score (nSPS) is 20.4. The molecule has 0 atom stereocenters. The number of nitrogens with zero attached hydrogens (tertiary/aromatic N) is 2. The molecule has 0 saturated heterocycles. The van der Waals surface area contributed by atoms with Crippen LogP contribution in [0, 0.1) is 5.92 Å². The smallest absolute Gasteiger partial charge is 0.226 e. The molecule has 0 bridgehead atoms. The van der Waals surface area contributed by atoms with Crippen LogP contribution in [0.5, 0.6) is 0 Å². The highest BCUT2D eigenvalue weighted by Crippen LogP contribution is 2.42. The van der Waals surface area contributed by atoms with E-state index in [9.17, 15) is 4.79 Å². The van der Waals surface area contributed by atoms with Gasteiger partial charge in [0.15, 0.2) is 0 Å². The van der Waals surface area contributed by atoms with Crippen LogP contribution in [0.25, 0.3) is 0 Å². The Morgan fingerprint density at radius 1 is 1.16 bits per heavy atom. The number of anilines is 1. The van der Waals surface area contributed by atoms with E-state index < -0.39 is 0 Å². The van der Waals surface area contributed by atoms with Crippen molar-refractivity contribution >= 4 is 22.4 Å². The lowest BCUT2D eigenvalue weighted by Crippen LogP contribution is -2.14. The van der Waals surface area contributed by atoms with Gasteiger partial charge in [-0.05, 0) is 25.2 Å². The van der Waals surface area contributed by atoms with E-state index in [1.165, 1.54) is 56.3 Å². The molecule has 3 rings (SSSR count). The maximum Gasteiger partial charge on any atom is 0.226 e. The van der Waals surface area contributed by atoms with Crippen molar-refractivity contribution in [2.45, 2.75) is 63.7 Å². The van der Waals surface area contributed by atoms with E-state index in [-0.39, 0.29) is 5.91 Å². The van der Waals surface area contributed by atoms with E-state index in [2.05, 4.69) is 15.5 Å². The van der Waals surface area contributed by atoms with Gasteiger partial charge in [-0.2, -0.15) is 0 Å². The maximum atomic E-state index is 11.9. The van der Waals surface area contributed by atoms with Gasteiger partial charge in [-0.1, -0.05) is 43.4 Å². The summed E-state index contributed by atoms with van der Waals surface area (Å²) in [6, 6.07) is 0. The van der Waals surface area contributed by atoms with Crippen LogP contribution < -0.4 is 5.32 Å². The van der Waals surface area contributed by atoms with Crippen molar-refractivity contribution in [1.29, 1.82) is 0 Å². The van der Waals surface area contributed by atoms with Crippen LogP contribution in [0.3, 0.4) is 0 Å². The van der Waals surface area contributed by atoms with E-state index in [0.717, 1.165) is 17.3 Å². The van der Waals surface area contributed by atoms with Gasteiger partial charge in [0.2, 0.25) is 11.0 Å². The Hall–Kier alpha value is -0.970. The molecule has 1 N–H and O–H groups in total. The molecule has 0 aromatic carbocycles. The minimum atomic E-state index is 0.101. The van der Waals surface area contributed by atoms with E-state index in [0.29, 0.717) is 17.5 Å². The lowest BCUT2D eigenvalue weighted by atomic mass is 9.86. The first-order chi connectivity index (χ1) is 9.31. The second kappa shape index (κ2) is 5.99. The number of rotatable bonds is 5. The summed E-state index contributed by atoms with van der Waals surface area (Å²) in [6.07, 6.45) is 10.8. The lowest BCUT2D eigenvalue weighted by molar-refractivity contribution is -0.116. The molecular formula is C14H21N3OS. The van der Waals surface area contributed by atoms with Crippen LogP contribution in [0.2, 0.25) is 0 Å². The predicted octanol–water partition coefficient (Wildman–Crippen LogP) is 3.71. The van der Waals surface area contributed by atoms with Crippen molar-refractivity contribution in [1.82, 2.24) is 10.2 Å². The Labute approximate surface area is 118 Å². The maximum absolute atomic E-state index is 11.9. The average Bonchev–Trinajstić information content (AvgIpc) is 3.19. The molecule has 1 aromatic heterocycles. The Morgan fingerprint density at radius 2 is 1.95 bits per heavy atom. The Bertz CT molecular complexity index is 436. The van der Waals surface area contributed by atoms with Gasteiger partial charge in [0, 0.05) is 12.3 Å². The number of hydrogen-bond donors (Lipinski definition) is 1. The molecule has 4 nitrogen and oxygen atoms in total. The zero-order valence-corrected chi connectivity index (χ0v) is 12.0. The van der Waals surface area contributed by atoms with E-state index in [4.69, 9.17) is 0 Å². The largest absolute Gasteiger partial charge is 0.301 e. The molecule has 2 aliphatic carbocycles. The average molecular weight is 279 g/mol. The van der Waals surface area contributed by atoms with Crippen molar-refractivity contribution in [3.63, 3.8) is 0 Å². The van der Waals surface area contributed by atoms with Gasteiger partial charge in [0.1, 0.15) is 5.01 Å². The van der Waals surface area contributed by atoms with Crippen LogP contribution in [-0.2, 0) is 4.79 Å². The summed E-state index contributed by atoms with van der Waals surface area (Å²) in [6.45, 7) is 0. The molecule has 1 heterocycles. The first kappa shape index (κ1) is 13.0. The van der Waals surface area contributed by atoms with Crippen molar-refractivity contribution in [2.75, 3.05) is 5.32 Å². The standard InChI is InChI=1S/C14H21N3OS/c18-12(9-6-10-4-2-1-3-5-10)15-14-17-16-13(19-14)11-7-8-11/h10-11H,1-9H2,(H,15,17,18). The van der Waals surface area contributed by atoms with Crippen LogP contribution in [0.15, 0.2) is 0 Å². The molecule has 19 heavy (non-hydrogen) atoms. The molecule has 0 unspecified atom stereocenters. The van der Waals surface area contributed by atoms with E-state index >= 15 is 0 Å². The third-order valence-corrected chi connectivity index (χ3v) is 5.12. The molecule has 104 valence electrons. The topological polar surface area (TPSA) is 54.9 Å². The third-order valence-electron chi connectivity index (χ3n) is 4.12. The summed E-state index contributed by atoms with van der Waals surface area (Å²) in [7, 11) is 0. The SMILES string of the molecule is O=C(CCC1CCCCC1)Nc1nnc(C2CC2)s1. The molecular weight excluding hydrogens is 258 g/mol. The number of carbonyl (C=O) groups is 1. The van der Waals surface area contributed by atoms with Gasteiger partial charge in [-0.15, -0.1) is 10.2 Å². The third kappa shape index (κ3) is 3.75. The first-order valence-corrected chi connectivity index (χ1v) is 8.26. The summed E-state index contributed by atoms with van der Waals surface area (Å²) in [5.41, 5.74) is 0. The molecule has 2 fully saturated rings. The van der Waals surface area contributed by atoms with Gasteiger partial charge in [-0.3, -0.25) is 4.79 Å². The Morgan fingerprint density at radius 3 is 2.68 bits per heavy atom. The Kier molecular flexibility index (Phi) is 4.11. The molecule has 0 spiro atoms. The molecule has 1 aromatic rings. The molecule has 2 saturated carbocycles. The number of aromatic nitrogens is 2. The van der Waals surface area contributed by atoms with Gasteiger partial charge < -0.3 is 5.32 Å². The van der Waals surface area contributed by atoms with Crippen LogP contribution >= 0.6 is 11.3 Å². The predicted molar refractivity (Wildman–Crippen MR) is 76.3 cm³/mol. The summed E-state index contributed by atoms with van der Waals surface area (Å²) in [5.74, 6) is 1.48. The quantitative estimate of drug-likeness (QED) is 0.893. The van der Waals surface area contributed by atoms with Crippen molar-refractivity contribution in [2.24, 2.45) is 5.92 Å². The summed E-state index contributed by atoms with van der Waals surface area (Å²) >= 11 is 1.54. The van der Waals surface area contributed by atoms with Crippen LogP contribution in [0.4, 0.5) is 5.13 Å². The zero-order chi connectivity index (χ0) is 13.1. The fraction of sp³-hybridized carbons (Fsp3) is 0.786. The lowest BCUT2D eigenvalue weighted by Gasteiger charge is -2.20. The minimum absolute atomic E-state index is 0.101. The summed E-state index contributed by atoms with van der Waals surface area (Å²) < 4.78 is 0. The highest BCUT2D eigenvalue weighted by Gasteiger charge is 2.27. The second-order valence-corrected chi connectivity index (χ2v) is 6.82. The number of amides is 1. The van der Waals surface area contributed by atoms with E-state index in [1.807, 2.05) is 0 Å². The monoisotopic (exact) mass is 279 g/mol. The van der Waals surface area contributed by atoms with Gasteiger partial charge in [-0.25, -0.2) is 0 Å². The Balaban J connectivity index is 1.42. The van der Waals surface area contributed by atoms with Crippen LogP contribution in [-0.4, -0.2) is 16.1 Å². The summed E-state index contributed by atoms with van der Waals surface area (Å²) in [5, 5.41) is 12.8. The molecule has 1 amide bonds. The van der Waals surface area contributed by atoms with Crippen molar-refractivity contribution in [3.8, 4) is 0 Å². The number of carbonyl (C=O) groups excluding carboxylic acids is 1. The molecule has 2 aliphatic rings. The van der Waals surface area contributed by atoms with Gasteiger partial charge in [0.05, 0.1) is 0 Å². The van der Waals surface area contributed by atoms with Crippen molar-refractivity contribution < 1.29 is 4.79 Å². The zero-order valence-electron chi connectivity index (χ0n) is 11.2. The molecule has 0 radical (unpaired) electrons. The fourth-order valence-electron chi connectivity index (χ4n) is 2.77. The number of nitrogens with one attached hydrogen (secondary N) is 1. The van der Waals surface area contributed by atoms with Gasteiger partial charge in [0.25, 0.3) is 0 Å². The van der Waals surface area contributed by atoms with Crippen LogP contribution in [0.1, 0.15) is 68.7 Å². The first-order valence-electron chi connectivity index (χ1n) is 7.44. The number of hydrogen-bond acceptors (Lipinski definition) is 4. The fourth-order valence-corrected chi connectivity index (χ4v) is 3.70. The molecule has 5 heteroatoms. The second-order valence-electron chi connectivity index (χ2n) is 5.81.